The van der Waals surface area contributed by atoms with E-state index >= 15 is 0 Å². The minimum absolute atomic E-state index is 0.288. The first-order valence-corrected chi connectivity index (χ1v) is 7.42. The van der Waals surface area contributed by atoms with E-state index in [0.717, 1.165) is 16.6 Å². The number of benzene rings is 1. The summed E-state index contributed by atoms with van der Waals surface area (Å²) in [6, 6.07) is 8.36. The number of aliphatic carboxylic acids is 1. The summed E-state index contributed by atoms with van der Waals surface area (Å²) in [5, 5.41) is 10.2. The van der Waals surface area contributed by atoms with Gasteiger partial charge in [-0.05, 0) is 30.4 Å². The Morgan fingerprint density at radius 2 is 2.18 bits per heavy atom. The number of hydrogen-bond donors (Lipinski definition) is 3. The minimum Gasteiger partial charge on any atom is -0.480 e. The van der Waals surface area contributed by atoms with Crippen molar-refractivity contribution in [3.63, 3.8) is 0 Å². The van der Waals surface area contributed by atoms with E-state index in [-0.39, 0.29) is 5.91 Å². The summed E-state index contributed by atoms with van der Waals surface area (Å²) < 4.78 is 0. The van der Waals surface area contributed by atoms with Crippen molar-refractivity contribution in [1.82, 2.24) is 9.88 Å². The first-order valence-electron chi connectivity index (χ1n) is 7.42. The van der Waals surface area contributed by atoms with Gasteiger partial charge in [0, 0.05) is 24.2 Å². The first-order chi connectivity index (χ1) is 10.6. The average molecular weight is 301 g/mol. The van der Waals surface area contributed by atoms with Crippen molar-refractivity contribution in [2.45, 2.75) is 31.3 Å². The van der Waals surface area contributed by atoms with Crippen LogP contribution < -0.4 is 5.73 Å². The van der Waals surface area contributed by atoms with Crippen molar-refractivity contribution in [3.8, 4) is 0 Å². The number of carboxylic acids is 1. The van der Waals surface area contributed by atoms with E-state index < -0.39 is 18.1 Å². The molecule has 4 N–H and O–H groups in total. The molecule has 6 heteroatoms. The molecule has 1 aromatic heterocycles. The highest BCUT2D eigenvalue weighted by Gasteiger charge is 2.36. The molecule has 0 radical (unpaired) electrons. The van der Waals surface area contributed by atoms with Crippen LogP contribution in [0, 0.1) is 0 Å². The Hall–Kier alpha value is -2.34. The van der Waals surface area contributed by atoms with E-state index in [4.69, 9.17) is 10.8 Å². The Morgan fingerprint density at radius 1 is 1.41 bits per heavy atom. The fourth-order valence-electron chi connectivity index (χ4n) is 3.07. The second-order valence-electron chi connectivity index (χ2n) is 5.72. The van der Waals surface area contributed by atoms with Gasteiger partial charge in [-0.15, -0.1) is 0 Å². The maximum absolute atomic E-state index is 12.4. The highest BCUT2D eigenvalue weighted by molar-refractivity contribution is 5.88. The van der Waals surface area contributed by atoms with Crippen LogP contribution in [0.2, 0.25) is 0 Å². The van der Waals surface area contributed by atoms with E-state index in [1.54, 1.807) is 0 Å². The number of amides is 1. The molecule has 1 saturated heterocycles. The topological polar surface area (TPSA) is 99.4 Å². The van der Waals surface area contributed by atoms with Gasteiger partial charge in [0.25, 0.3) is 0 Å². The van der Waals surface area contributed by atoms with Gasteiger partial charge in [0.1, 0.15) is 6.04 Å². The lowest BCUT2D eigenvalue weighted by Gasteiger charge is -2.24. The van der Waals surface area contributed by atoms with Crippen LogP contribution in [0.1, 0.15) is 18.5 Å². The summed E-state index contributed by atoms with van der Waals surface area (Å²) in [6.07, 6.45) is 1.58. The number of aromatic nitrogens is 1. The molecular weight excluding hydrogens is 282 g/mol. The molecule has 0 spiro atoms. The predicted molar refractivity (Wildman–Crippen MR) is 82.3 cm³/mol. The van der Waals surface area contributed by atoms with Crippen LogP contribution in [0.3, 0.4) is 0 Å². The van der Waals surface area contributed by atoms with Crippen LogP contribution in [-0.4, -0.2) is 45.5 Å². The fraction of sp³-hybridized carbons (Fsp3) is 0.375. The van der Waals surface area contributed by atoms with Gasteiger partial charge >= 0.3 is 5.97 Å². The Labute approximate surface area is 127 Å². The monoisotopic (exact) mass is 301 g/mol. The second kappa shape index (κ2) is 5.81. The van der Waals surface area contributed by atoms with Gasteiger partial charge in [0.2, 0.25) is 5.91 Å². The number of fused-ring (bicyclic) bond motifs is 1. The molecule has 1 aliphatic rings. The lowest BCUT2D eigenvalue weighted by atomic mass is 10.1. The summed E-state index contributed by atoms with van der Waals surface area (Å²) in [5.74, 6) is -1.24. The van der Waals surface area contributed by atoms with Crippen molar-refractivity contribution >= 4 is 22.8 Å². The number of carboxylic acid groups (broad SMARTS) is 1. The van der Waals surface area contributed by atoms with Crippen LogP contribution in [0.15, 0.2) is 30.3 Å². The number of nitrogens with two attached hydrogens (primary N) is 1. The molecule has 1 aromatic carbocycles. The summed E-state index contributed by atoms with van der Waals surface area (Å²) in [7, 11) is 0. The molecular formula is C16H19N3O3. The second-order valence-corrected chi connectivity index (χ2v) is 5.72. The number of aromatic amines is 1. The van der Waals surface area contributed by atoms with Crippen LogP contribution in [0.5, 0.6) is 0 Å². The number of hydrogen-bond acceptors (Lipinski definition) is 3. The summed E-state index contributed by atoms with van der Waals surface area (Å²) >= 11 is 0. The van der Waals surface area contributed by atoms with Crippen molar-refractivity contribution in [1.29, 1.82) is 0 Å². The van der Waals surface area contributed by atoms with Crippen LogP contribution in [-0.2, 0) is 16.0 Å². The molecule has 0 unspecified atom stereocenters. The lowest BCUT2D eigenvalue weighted by Crippen LogP contribution is -2.49. The number of nitrogens with zero attached hydrogens (tertiary/aromatic N) is 1. The molecule has 2 aromatic rings. The van der Waals surface area contributed by atoms with Gasteiger partial charge < -0.3 is 20.7 Å². The van der Waals surface area contributed by atoms with E-state index in [1.807, 2.05) is 30.3 Å². The summed E-state index contributed by atoms with van der Waals surface area (Å²) in [5.41, 5.74) is 7.89. The predicted octanol–water partition coefficient (Wildman–Crippen LogP) is 1.11. The normalized spacial score (nSPS) is 19.5. The Bertz CT molecular complexity index is 676. The molecule has 2 atom stereocenters. The quantitative estimate of drug-likeness (QED) is 0.787. The molecule has 2 heterocycles. The zero-order valence-electron chi connectivity index (χ0n) is 12.2. The molecule has 1 fully saturated rings. The van der Waals surface area contributed by atoms with Crippen molar-refractivity contribution < 1.29 is 14.7 Å². The Balaban J connectivity index is 1.72. The molecule has 3 rings (SSSR count). The third kappa shape index (κ3) is 2.69. The van der Waals surface area contributed by atoms with Crippen molar-refractivity contribution in [2.24, 2.45) is 5.73 Å². The summed E-state index contributed by atoms with van der Waals surface area (Å²) in [6.45, 7) is 0.468. The maximum atomic E-state index is 12.4. The number of likely N-dealkylation sites (tertiary alicyclic amines) is 1. The first kappa shape index (κ1) is 14.6. The highest BCUT2D eigenvalue weighted by Crippen LogP contribution is 2.20. The maximum Gasteiger partial charge on any atom is 0.326 e. The molecule has 116 valence electrons. The van der Waals surface area contributed by atoms with Crippen LogP contribution in [0.4, 0.5) is 0 Å². The third-order valence-electron chi connectivity index (χ3n) is 4.16. The average Bonchev–Trinajstić information content (AvgIpc) is 3.12. The number of carbonyl (C=O) groups is 2. The summed E-state index contributed by atoms with van der Waals surface area (Å²) in [4.78, 5) is 28.2. The van der Waals surface area contributed by atoms with Gasteiger partial charge in [-0.2, -0.15) is 0 Å². The van der Waals surface area contributed by atoms with Gasteiger partial charge in [0.05, 0.1) is 6.04 Å². The fourth-order valence-corrected chi connectivity index (χ4v) is 3.07. The molecule has 6 nitrogen and oxygen atoms in total. The van der Waals surface area contributed by atoms with E-state index in [2.05, 4.69) is 4.98 Å². The Morgan fingerprint density at radius 3 is 2.91 bits per heavy atom. The largest absolute Gasteiger partial charge is 0.480 e. The van der Waals surface area contributed by atoms with Crippen molar-refractivity contribution in [3.05, 3.63) is 36.0 Å². The number of nitrogens with one attached hydrogen (secondary N) is 1. The van der Waals surface area contributed by atoms with E-state index in [9.17, 15) is 9.59 Å². The molecule has 1 amide bonds. The molecule has 0 aliphatic carbocycles. The van der Waals surface area contributed by atoms with E-state index in [1.165, 1.54) is 4.90 Å². The number of rotatable bonds is 4. The van der Waals surface area contributed by atoms with Gasteiger partial charge in [-0.25, -0.2) is 4.79 Å². The molecule has 0 bridgehead atoms. The molecule has 0 saturated carbocycles. The lowest BCUT2D eigenvalue weighted by molar-refractivity contribution is -0.148. The van der Waals surface area contributed by atoms with Gasteiger partial charge in [-0.3, -0.25) is 4.79 Å². The zero-order valence-corrected chi connectivity index (χ0v) is 12.2. The van der Waals surface area contributed by atoms with E-state index in [0.29, 0.717) is 25.8 Å². The van der Waals surface area contributed by atoms with Crippen molar-refractivity contribution in [2.75, 3.05) is 6.54 Å². The highest BCUT2D eigenvalue weighted by atomic mass is 16.4. The van der Waals surface area contributed by atoms with Crippen LogP contribution in [0.25, 0.3) is 10.9 Å². The smallest absolute Gasteiger partial charge is 0.326 e. The third-order valence-corrected chi connectivity index (χ3v) is 4.16. The number of para-hydroxylation sites is 1. The molecule has 1 aliphatic heterocycles. The van der Waals surface area contributed by atoms with Gasteiger partial charge in [0.15, 0.2) is 0 Å². The molecule has 22 heavy (non-hydrogen) atoms. The zero-order chi connectivity index (χ0) is 15.7. The SMILES string of the molecule is N[C@@H](Cc1cc2ccccc2[nH]1)C(=O)N1CCC[C@H]1C(=O)O. The minimum atomic E-state index is -0.955. The van der Waals surface area contributed by atoms with Gasteiger partial charge in [-0.1, -0.05) is 18.2 Å². The van der Waals surface area contributed by atoms with Crippen LogP contribution >= 0.6 is 0 Å². The standard InChI is InChI=1S/C16H19N3O3/c17-12(15(20)19-7-3-6-14(19)16(21)22)9-11-8-10-4-1-2-5-13(10)18-11/h1-2,4-5,8,12,14,18H,3,6-7,9,17H2,(H,21,22)/t12-,14-/m0/s1. The number of carbonyl (C=O) groups excluding carboxylic acids is 1. The number of H-pyrrole nitrogens is 1. The Kier molecular flexibility index (Phi) is 3.85.